The van der Waals surface area contributed by atoms with Crippen molar-refractivity contribution in [1.82, 2.24) is 4.57 Å². The van der Waals surface area contributed by atoms with Crippen LogP contribution in [0, 0.1) is 5.41 Å². The lowest BCUT2D eigenvalue weighted by atomic mass is 9.80. The summed E-state index contributed by atoms with van der Waals surface area (Å²) < 4.78 is 73.3. The Kier molecular flexibility index (Phi) is 4.93. The number of furan rings is 1. The van der Waals surface area contributed by atoms with Gasteiger partial charge in [-0.1, -0.05) is 32.9 Å². The van der Waals surface area contributed by atoms with Crippen molar-refractivity contribution in [3.8, 4) is 17.2 Å². The van der Waals surface area contributed by atoms with Crippen molar-refractivity contribution in [2.24, 2.45) is 5.41 Å². The molecule has 1 aliphatic heterocycles. The quantitative estimate of drug-likeness (QED) is 0.434. The van der Waals surface area contributed by atoms with E-state index in [0.29, 0.717) is 10.9 Å². The van der Waals surface area contributed by atoms with Crippen molar-refractivity contribution >= 4 is 27.1 Å². The van der Waals surface area contributed by atoms with Gasteiger partial charge in [-0.05, 0) is 17.9 Å². The molecule has 3 aromatic rings. The molecule has 1 aliphatic rings. The molecule has 1 unspecified atom stereocenters. The highest BCUT2D eigenvalue weighted by molar-refractivity contribution is 7.88. The fourth-order valence-electron chi connectivity index (χ4n) is 3.95. The number of aromatic carboxylic acids is 1. The number of hydrogen-bond acceptors (Lipinski definition) is 6. The zero-order chi connectivity index (χ0) is 24.5. The predicted molar refractivity (Wildman–Crippen MR) is 111 cm³/mol. The number of carboxylic acid groups (broad SMARTS) is 1. The standard InChI is InChI=1S/C21H18F3NO7S/c1-20(2,3)16-7-11-10-5-4-6-15(32-33(29,30)21(22,23)24)18(10)31-17(11)13-8-14(26)12(19(27)28)9-25(13)16/h4-6,8-9,16H,7H2,1-3H3,(H,27,28). The fraction of sp³-hybridized carbons (Fsp3) is 0.333. The van der Waals surface area contributed by atoms with E-state index >= 15 is 0 Å². The number of pyridine rings is 1. The molecule has 3 heterocycles. The van der Waals surface area contributed by atoms with Crippen LogP contribution >= 0.6 is 0 Å². The first-order chi connectivity index (χ1) is 15.1. The van der Waals surface area contributed by atoms with Crippen LogP contribution in [0.1, 0.15) is 42.7 Å². The average Bonchev–Trinajstić information content (AvgIpc) is 3.05. The summed E-state index contributed by atoms with van der Waals surface area (Å²) in [6, 6.07) is 4.66. The first kappa shape index (κ1) is 22.9. The van der Waals surface area contributed by atoms with Gasteiger partial charge in [0.15, 0.2) is 22.5 Å². The number of halogens is 3. The summed E-state index contributed by atoms with van der Waals surface area (Å²) in [6.07, 6.45) is 1.51. The van der Waals surface area contributed by atoms with Crippen LogP contribution in [0.5, 0.6) is 5.75 Å². The summed E-state index contributed by atoms with van der Waals surface area (Å²) in [5.74, 6) is -1.92. The first-order valence-electron chi connectivity index (χ1n) is 9.67. The van der Waals surface area contributed by atoms with Crippen LogP contribution in [0.2, 0.25) is 0 Å². The van der Waals surface area contributed by atoms with E-state index < -0.39 is 43.8 Å². The number of alkyl halides is 3. The topological polar surface area (TPSA) is 116 Å². The number of nitrogens with zero attached hydrogens (tertiary/aromatic N) is 1. The average molecular weight is 485 g/mol. The maximum atomic E-state index is 12.8. The second kappa shape index (κ2) is 7.11. The van der Waals surface area contributed by atoms with Gasteiger partial charge in [0.05, 0.1) is 5.69 Å². The molecule has 0 bridgehead atoms. The second-order valence-electron chi connectivity index (χ2n) is 8.76. The molecule has 0 radical (unpaired) electrons. The van der Waals surface area contributed by atoms with Crippen molar-refractivity contribution in [2.75, 3.05) is 0 Å². The van der Waals surface area contributed by atoms with Crippen molar-refractivity contribution in [1.29, 1.82) is 0 Å². The lowest BCUT2D eigenvalue weighted by Gasteiger charge is -2.37. The summed E-state index contributed by atoms with van der Waals surface area (Å²) in [7, 11) is -5.94. The second-order valence-corrected chi connectivity index (χ2v) is 10.3. The fourth-order valence-corrected chi connectivity index (χ4v) is 4.41. The first-order valence-corrected chi connectivity index (χ1v) is 11.1. The number of aromatic nitrogens is 1. The molecular formula is C21H18F3NO7S. The molecule has 0 spiro atoms. The molecule has 0 saturated heterocycles. The monoisotopic (exact) mass is 485 g/mol. The van der Waals surface area contributed by atoms with Gasteiger partial charge in [-0.25, -0.2) is 4.79 Å². The van der Waals surface area contributed by atoms with Gasteiger partial charge in [0.1, 0.15) is 5.56 Å². The lowest BCUT2D eigenvalue weighted by Crippen LogP contribution is -2.32. The third-order valence-corrected chi connectivity index (χ3v) is 6.51. The third-order valence-electron chi connectivity index (χ3n) is 5.54. The van der Waals surface area contributed by atoms with Crippen LogP contribution < -0.4 is 9.61 Å². The number of rotatable bonds is 3. The molecule has 1 atom stereocenters. The van der Waals surface area contributed by atoms with Gasteiger partial charge in [-0.15, -0.1) is 0 Å². The molecule has 176 valence electrons. The van der Waals surface area contributed by atoms with Crippen molar-refractivity contribution in [2.45, 2.75) is 38.7 Å². The molecule has 12 heteroatoms. The summed E-state index contributed by atoms with van der Waals surface area (Å²) in [5, 5.41) is 9.70. The molecule has 0 amide bonds. The maximum Gasteiger partial charge on any atom is 0.534 e. The van der Waals surface area contributed by atoms with Crippen LogP contribution in [0.25, 0.3) is 22.4 Å². The Hall–Kier alpha value is -3.28. The van der Waals surface area contributed by atoms with Gasteiger partial charge in [0.25, 0.3) is 0 Å². The van der Waals surface area contributed by atoms with E-state index in [0.717, 1.165) is 12.1 Å². The van der Waals surface area contributed by atoms with Crippen molar-refractivity contribution in [3.05, 3.63) is 51.8 Å². The van der Waals surface area contributed by atoms with E-state index in [1.54, 1.807) is 10.6 Å². The zero-order valence-electron chi connectivity index (χ0n) is 17.6. The molecule has 1 N–H and O–H groups in total. The van der Waals surface area contributed by atoms with Crippen molar-refractivity contribution < 1.29 is 40.1 Å². The Morgan fingerprint density at radius 2 is 1.91 bits per heavy atom. The van der Waals surface area contributed by atoms with E-state index in [4.69, 9.17) is 4.42 Å². The third kappa shape index (κ3) is 3.67. The zero-order valence-corrected chi connectivity index (χ0v) is 18.4. The van der Waals surface area contributed by atoms with E-state index in [1.165, 1.54) is 12.3 Å². The molecular weight excluding hydrogens is 467 g/mol. The highest BCUT2D eigenvalue weighted by atomic mass is 32.2. The summed E-state index contributed by atoms with van der Waals surface area (Å²) in [4.78, 5) is 23.9. The van der Waals surface area contributed by atoms with E-state index in [1.807, 2.05) is 20.8 Å². The van der Waals surface area contributed by atoms with Crippen LogP contribution in [-0.2, 0) is 16.5 Å². The van der Waals surface area contributed by atoms with Crippen molar-refractivity contribution in [3.63, 3.8) is 0 Å². The maximum absolute atomic E-state index is 12.8. The largest absolute Gasteiger partial charge is 0.534 e. The minimum atomic E-state index is -5.94. The number of benzene rings is 1. The minimum Gasteiger partial charge on any atom is -0.477 e. The molecule has 0 aliphatic carbocycles. The number of fused-ring (bicyclic) bond motifs is 5. The van der Waals surface area contributed by atoms with Gasteiger partial charge < -0.3 is 18.3 Å². The lowest BCUT2D eigenvalue weighted by molar-refractivity contribution is -0.0499. The molecule has 0 fully saturated rings. The Morgan fingerprint density at radius 1 is 1.24 bits per heavy atom. The highest BCUT2D eigenvalue weighted by Crippen LogP contribution is 2.47. The Morgan fingerprint density at radius 3 is 2.48 bits per heavy atom. The van der Waals surface area contributed by atoms with Crippen LogP contribution in [0.3, 0.4) is 0 Å². The van der Waals surface area contributed by atoms with Crippen LogP contribution in [0.15, 0.2) is 39.7 Å². The number of carbonyl (C=O) groups is 1. The number of hydrogen-bond donors (Lipinski definition) is 1. The summed E-state index contributed by atoms with van der Waals surface area (Å²) >= 11 is 0. The minimum absolute atomic E-state index is 0.125. The number of carboxylic acids is 1. The SMILES string of the molecule is CC(C)(C)C1Cc2c(oc3c(OS(=O)(=O)C(F)(F)F)cccc23)-c2cc(=O)c(C(=O)O)cn21. The van der Waals surface area contributed by atoms with Crippen LogP contribution in [-0.4, -0.2) is 29.6 Å². The summed E-state index contributed by atoms with van der Waals surface area (Å²) in [6.45, 7) is 5.74. The smallest absolute Gasteiger partial charge is 0.477 e. The summed E-state index contributed by atoms with van der Waals surface area (Å²) in [5.41, 5.74) is -6.72. The van der Waals surface area contributed by atoms with Crippen LogP contribution in [0.4, 0.5) is 13.2 Å². The molecule has 33 heavy (non-hydrogen) atoms. The van der Waals surface area contributed by atoms with E-state index in [2.05, 4.69) is 4.18 Å². The normalized spacial score (nSPS) is 16.4. The molecule has 0 saturated carbocycles. The Balaban J connectivity index is 1.99. The van der Waals surface area contributed by atoms with Gasteiger partial charge in [0, 0.05) is 29.3 Å². The molecule has 2 aromatic heterocycles. The van der Waals surface area contributed by atoms with Gasteiger partial charge in [-0.3, -0.25) is 4.79 Å². The Bertz CT molecular complexity index is 1460. The Labute approximate surface area is 185 Å². The van der Waals surface area contributed by atoms with Gasteiger partial charge in [0.2, 0.25) is 0 Å². The molecule has 4 rings (SSSR count). The van der Waals surface area contributed by atoms with Gasteiger partial charge >= 0.3 is 21.6 Å². The highest BCUT2D eigenvalue weighted by Gasteiger charge is 2.49. The number of para-hydroxylation sites is 1. The molecule has 1 aromatic carbocycles. The van der Waals surface area contributed by atoms with E-state index in [9.17, 15) is 36.3 Å². The van der Waals surface area contributed by atoms with Gasteiger partial charge in [-0.2, -0.15) is 21.6 Å². The predicted octanol–water partition coefficient (Wildman–Crippen LogP) is 4.33. The molecule has 8 nitrogen and oxygen atoms in total. The van der Waals surface area contributed by atoms with E-state index in [-0.39, 0.29) is 29.5 Å².